The smallest absolute Gasteiger partial charge is 0.302 e. The standard InChI is InChI=1S/C18H17N3O3/c1-12-7-3-6-10-15(12)24-11-16(22)19-20-17-13-8-4-5-9-14(13)21(2)18(17)23/h3-10,23H,11H2,1-2H3. The Hall–Kier alpha value is -3.15. The Morgan fingerprint density at radius 2 is 1.88 bits per heavy atom. The molecular weight excluding hydrogens is 306 g/mol. The normalized spacial score (nSPS) is 11.2. The summed E-state index contributed by atoms with van der Waals surface area (Å²) in [5, 5.41) is 18.4. The number of aromatic nitrogens is 1. The fourth-order valence-electron chi connectivity index (χ4n) is 2.45. The molecule has 0 fully saturated rings. The van der Waals surface area contributed by atoms with Crippen LogP contribution in [0.3, 0.4) is 0 Å². The van der Waals surface area contributed by atoms with Gasteiger partial charge in [0, 0.05) is 12.4 Å². The van der Waals surface area contributed by atoms with E-state index in [1.165, 1.54) is 0 Å². The third-order valence-corrected chi connectivity index (χ3v) is 3.76. The first kappa shape index (κ1) is 15.7. The predicted molar refractivity (Wildman–Crippen MR) is 90.8 cm³/mol. The number of rotatable bonds is 4. The van der Waals surface area contributed by atoms with Crippen molar-refractivity contribution in [3.05, 3.63) is 54.1 Å². The minimum absolute atomic E-state index is 0.0347. The summed E-state index contributed by atoms with van der Waals surface area (Å²) in [4.78, 5) is 11.9. The molecule has 0 aliphatic rings. The molecular formula is C18H17N3O3. The second-order valence-electron chi connectivity index (χ2n) is 5.40. The lowest BCUT2D eigenvalue weighted by atomic mass is 10.2. The molecule has 0 radical (unpaired) electrons. The maximum absolute atomic E-state index is 11.9. The molecule has 0 aliphatic heterocycles. The first-order valence-corrected chi connectivity index (χ1v) is 7.47. The molecule has 1 heterocycles. The molecule has 0 atom stereocenters. The number of aromatic hydroxyl groups is 1. The second kappa shape index (κ2) is 6.54. The van der Waals surface area contributed by atoms with E-state index in [2.05, 4.69) is 10.2 Å². The van der Waals surface area contributed by atoms with E-state index < -0.39 is 5.91 Å². The average molecular weight is 323 g/mol. The predicted octanol–water partition coefficient (Wildman–Crippen LogP) is 3.88. The summed E-state index contributed by atoms with van der Waals surface area (Å²) in [7, 11) is 1.72. The molecule has 1 N–H and O–H groups in total. The van der Waals surface area contributed by atoms with Gasteiger partial charge in [-0.1, -0.05) is 36.4 Å². The SMILES string of the molecule is Cc1ccccc1OCC(=O)N=Nc1c(O)n(C)c2ccccc12. The van der Waals surface area contributed by atoms with Gasteiger partial charge in [0.05, 0.1) is 5.52 Å². The van der Waals surface area contributed by atoms with Gasteiger partial charge in [0.15, 0.2) is 12.3 Å². The Morgan fingerprint density at radius 1 is 1.17 bits per heavy atom. The van der Waals surface area contributed by atoms with Crippen LogP contribution in [0.1, 0.15) is 5.56 Å². The van der Waals surface area contributed by atoms with Crippen LogP contribution in [0.4, 0.5) is 5.69 Å². The van der Waals surface area contributed by atoms with Crippen LogP contribution in [-0.2, 0) is 11.8 Å². The van der Waals surface area contributed by atoms with E-state index in [9.17, 15) is 9.90 Å². The van der Waals surface area contributed by atoms with Crippen molar-refractivity contribution in [3.63, 3.8) is 0 Å². The number of amides is 1. The summed E-state index contributed by atoms with van der Waals surface area (Å²) in [5.74, 6) is 0.0761. The number of carbonyl (C=O) groups excluding carboxylic acids is 1. The lowest BCUT2D eigenvalue weighted by molar-refractivity contribution is -0.120. The van der Waals surface area contributed by atoms with Gasteiger partial charge < -0.3 is 14.4 Å². The molecule has 3 rings (SSSR count). The van der Waals surface area contributed by atoms with Crippen molar-refractivity contribution in [2.24, 2.45) is 17.3 Å². The third-order valence-electron chi connectivity index (χ3n) is 3.76. The zero-order valence-corrected chi connectivity index (χ0v) is 13.4. The highest BCUT2D eigenvalue weighted by Gasteiger charge is 2.14. The molecule has 0 aliphatic carbocycles. The number of para-hydroxylation sites is 2. The minimum atomic E-state index is -0.523. The van der Waals surface area contributed by atoms with Crippen molar-refractivity contribution in [2.45, 2.75) is 6.92 Å². The van der Waals surface area contributed by atoms with Gasteiger partial charge in [-0.05, 0) is 24.6 Å². The first-order chi connectivity index (χ1) is 11.6. The van der Waals surface area contributed by atoms with Crippen LogP contribution >= 0.6 is 0 Å². The number of hydrogen-bond donors (Lipinski definition) is 1. The molecule has 1 amide bonds. The minimum Gasteiger partial charge on any atom is -0.493 e. The Balaban J connectivity index is 1.75. The molecule has 24 heavy (non-hydrogen) atoms. The van der Waals surface area contributed by atoms with Gasteiger partial charge in [-0.15, -0.1) is 10.2 Å². The Morgan fingerprint density at radius 3 is 2.67 bits per heavy atom. The number of carbonyl (C=O) groups is 1. The Labute approximate surface area is 139 Å². The summed E-state index contributed by atoms with van der Waals surface area (Å²) in [6.07, 6.45) is 0. The largest absolute Gasteiger partial charge is 0.493 e. The van der Waals surface area contributed by atoms with Crippen molar-refractivity contribution in [3.8, 4) is 11.6 Å². The Bertz CT molecular complexity index is 928. The molecule has 1 aromatic heterocycles. The summed E-state index contributed by atoms with van der Waals surface area (Å²) in [6.45, 7) is 1.69. The number of fused-ring (bicyclic) bond motifs is 1. The van der Waals surface area contributed by atoms with E-state index in [1.54, 1.807) is 17.7 Å². The van der Waals surface area contributed by atoms with Crippen molar-refractivity contribution < 1.29 is 14.6 Å². The van der Waals surface area contributed by atoms with E-state index in [1.807, 2.05) is 49.4 Å². The topological polar surface area (TPSA) is 76.2 Å². The molecule has 3 aromatic rings. The molecule has 6 nitrogen and oxygen atoms in total. The molecule has 0 saturated carbocycles. The number of benzene rings is 2. The number of ether oxygens (including phenoxy) is 1. The van der Waals surface area contributed by atoms with Gasteiger partial charge in [0.25, 0.3) is 0 Å². The van der Waals surface area contributed by atoms with Crippen molar-refractivity contribution in [2.75, 3.05) is 6.61 Å². The Kier molecular flexibility index (Phi) is 4.29. The fourth-order valence-corrected chi connectivity index (χ4v) is 2.45. The third kappa shape index (κ3) is 2.99. The van der Waals surface area contributed by atoms with Crippen molar-refractivity contribution >= 4 is 22.5 Å². The van der Waals surface area contributed by atoms with Gasteiger partial charge >= 0.3 is 5.91 Å². The van der Waals surface area contributed by atoms with E-state index >= 15 is 0 Å². The highest BCUT2D eigenvalue weighted by molar-refractivity contribution is 5.95. The van der Waals surface area contributed by atoms with Crippen molar-refractivity contribution in [1.82, 2.24) is 4.57 Å². The molecule has 0 spiro atoms. The van der Waals surface area contributed by atoms with Crippen LogP contribution in [0.25, 0.3) is 10.9 Å². The van der Waals surface area contributed by atoms with Gasteiger partial charge in [-0.3, -0.25) is 4.79 Å². The van der Waals surface area contributed by atoms with Crippen LogP contribution in [0.15, 0.2) is 58.8 Å². The lowest BCUT2D eigenvalue weighted by Crippen LogP contribution is -2.08. The number of hydrogen-bond acceptors (Lipinski definition) is 4. The van der Waals surface area contributed by atoms with Gasteiger partial charge in [-0.25, -0.2) is 0 Å². The van der Waals surface area contributed by atoms with Gasteiger partial charge in [0.2, 0.25) is 5.88 Å². The van der Waals surface area contributed by atoms with Crippen LogP contribution in [0, 0.1) is 6.92 Å². The number of nitrogens with zero attached hydrogens (tertiary/aromatic N) is 3. The molecule has 2 aromatic carbocycles. The quantitative estimate of drug-likeness (QED) is 0.740. The van der Waals surface area contributed by atoms with E-state index in [0.717, 1.165) is 16.5 Å². The van der Waals surface area contributed by atoms with E-state index in [-0.39, 0.29) is 18.2 Å². The summed E-state index contributed by atoms with van der Waals surface area (Å²) in [5.41, 5.74) is 2.03. The van der Waals surface area contributed by atoms with Crippen LogP contribution in [0.2, 0.25) is 0 Å². The van der Waals surface area contributed by atoms with Crippen LogP contribution in [-0.4, -0.2) is 22.2 Å². The number of azo groups is 1. The average Bonchev–Trinajstić information content (AvgIpc) is 2.84. The molecule has 6 heteroatoms. The molecule has 0 bridgehead atoms. The maximum atomic E-state index is 11.9. The van der Waals surface area contributed by atoms with Crippen molar-refractivity contribution in [1.29, 1.82) is 0 Å². The van der Waals surface area contributed by atoms with Gasteiger partial charge in [-0.2, -0.15) is 0 Å². The zero-order chi connectivity index (χ0) is 17.1. The highest BCUT2D eigenvalue weighted by atomic mass is 16.5. The van der Waals surface area contributed by atoms with Crippen LogP contribution in [0.5, 0.6) is 11.6 Å². The fraction of sp³-hybridized carbons (Fsp3) is 0.167. The zero-order valence-electron chi connectivity index (χ0n) is 13.4. The molecule has 122 valence electrons. The monoisotopic (exact) mass is 323 g/mol. The molecule has 0 saturated heterocycles. The lowest BCUT2D eigenvalue weighted by Gasteiger charge is -2.05. The molecule has 0 unspecified atom stereocenters. The van der Waals surface area contributed by atoms with Gasteiger partial charge in [0.1, 0.15) is 5.75 Å². The highest BCUT2D eigenvalue weighted by Crippen LogP contribution is 2.37. The summed E-state index contributed by atoms with van der Waals surface area (Å²) >= 11 is 0. The maximum Gasteiger partial charge on any atom is 0.302 e. The van der Waals surface area contributed by atoms with E-state index in [0.29, 0.717) is 5.75 Å². The van der Waals surface area contributed by atoms with Crippen LogP contribution < -0.4 is 4.74 Å². The first-order valence-electron chi connectivity index (χ1n) is 7.47. The number of aryl methyl sites for hydroxylation is 2. The summed E-state index contributed by atoms with van der Waals surface area (Å²) in [6, 6.07) is 14.8. The van der Waals surface area contributed by atoms with E-state index in [4.69, 9.17) is 4.74 Å². The summed E-state index contributed by atoms with van der Waals surface area (Å²) < 4.78 is 7.03. The second-order valence-corrected chi connectivity index (χ2v) is 5.40.